The summed E-state index contributed by atoms with van der Waals surface area (Å²) in [5.41, 5.74) is 0. The van der Waals surface area contributed by atoms with Crippen LogP contribution >= 0.6 is 12.1 Å². The zero-order valence-corrected chi connectivity index (χ0v) is 7.88. The lowest BCUT2D eigenvalue weighted by Crippen LogP contribution is -2.47. The number of rotatable bonds is 2. The largest absolute Gasteiger partial charge is 0.379 e. The summed E-state index contributed by atoms with van der Waals surface area (Å²) in [5, 5.41) is 0. The highest BCUT2D eigenvalue weighted by Gasteiger charge is 2.36. The van der Waals surface area contributed by atoms with Gasteiger partial charge < -0.3 is 4.74 Å². The molecule has 2 fully saturated rings. The Kier molecular flexibility index (Phi) is 2.52. The number of nitrogens with zero attached hydrogens (tertiary/aromatic N) is 2. The number of β-lactam (4-membered cyclic amide) rings is 2. The molecule has 2 heterocycles. The van der Waals surface area contributed by atoms with Crippen molar-refractivity contribution in [3.8, 4) is 0 Å². The minimum Gasteiger partial charge on any atom is -0.379 e. The van der Waals surface area contributed by atoms with Crippen molar-refractivity contribution in [3.05, 3.63) is 0 Å². The molecule has 0 saturated carbocycles. The normalized spacial score (nSPS) is 24.8. The van der Waals surface area contributed by atoms with Crippen LogP contribution in [0.2, 0.25) is 0 Å². The number of ether oxygens (including phenoxy) is 1. The Bertz CT molecular complexity index is 226. The van der Waals surface area contributed by atoms with Gasteiger partial charge in [0.15, 0.2) is 0 Å². The predicted molar refractivity (Wildman–Crippen MR) is 46.5 cm³/mol. The maximum atomic E-state index is 10.9. The fourth-order valence-corrected chi connectivity index (χ4v) is 2.01. The average Bonchev–Trinajstić information content (AvgIpc) is 2.16. The van der Waals surface area contributed by atoms with Crippen LogP contribution in [0.15, 0.2) is 0 Å². The third-order valence-electron chi connectivity index (χ3n) is 1.92. The summed E-state index contributed by atoms with van der Waals surface area (Å²) >= 11 is 1.21. The molecule has 0 radical (unpaired) electrons. The fraction of sp³-hybridized carbons (Fsp3) is 0.714. The van der Waals surface area contributed by atoms with Crippen LogP contribution < -0.4 is 0 Å². The quantitative estimate of drug-likeness (QED) is 0.348. The van der Waals surface area contributed by atoms with E-state index in [1.54, 1.807) is 0 Å². The van der Waals surface area contributed by atoms with Gasteiger partial charge in [-0.25, -0.2) is 8.61 Å². The molecule has 0 bridgehead atoms. The summed E-state index contributed by atoms with van der Waals surface area (Å²) in [6.07, 6.45) is 0.0668. The highest BCUT2D eigenvalue weighted by Crippen LogP contribution is 2.25. The molecular formula is C7H10N2O3S. The van der Waals surface area contributed by atoms with Crippen LogP contribution in [-0.4, -0.2) is 46.7 Å². The molecule has 0 atom stereocenters. The number of carbonyl (C=O) groups excluding carboxylic acids is 2. The minimum absolute atomic E-state index is 0.0668. The van der Waals surface area contributed by atoms with Gasteiger partial charge in [-0.05, 0) is 0 Å². The fourth-order valence-electron chi connectivity index (χ4n) is 1.16. The summed E-state index contributed by atoms with van der Waals surface area (Å²) in [6, 6.07) is 0. The molecule has 6 heteroatoms. The first-order chi connectivity index (χ1) is 6.27. The van der Waals surface area contributed by atoms with E-state index in [-0.39, 0.29) is 18.2 Å². The van der Waals surface area contributed by atoms with Crippen LogP contribution in [0.5, 0.6) is 0 Å². The molecule has 2 aliphatic rings. The van der Waals surface area contributed by atoms with Gasteiger partial charge in [0, 0.05) is 13.1 Å². The van der Waals surface area contributed by atoms with E-state index in [2.05, 4.69) is 0 Å². The van der Waals surface area contributed by atoms with Crippen molar-refractivity contribution >= 4 is 23.9 Å². The van der Waals surface area contributed by atoms with Gasteiger partial charge in [-0.2, -0.15) is 0 Å². The topological polar surface area (TPSA) is 49.9 Å². The van der Waals surface area contributed by atoms with Crippen molar-refractivity contribution in [2.24, 2.45) is 0 Å². The zero-order chi connectivity index (χ0) is 9.26. The van der Waals surface area contributed by atoms with Crippen LogP contribution in [0, 0.1) is 0 Å². The maximum absolute atomic E-state index is 10.9. The van der Waals surface area contributed by atoms with Gasteiger partial charge in [0.05, 0.1) is 25.3 Å². The van der Waals surface area contributed by atoms with E-state index in [0.29, 0.717) is 13.2 Å². The first-order valence-corrected chi connectivity index (χ1v) is 4.87. The number of hydrogen-bond acceptors (Lipinski definition) is 5. The Morgan fingerprint density at radius 2 is 1.77 bits per heavy atom. The van der Waals surface area contributed by atoms with Crippen LogP contribution in [-0.2, 0) is 14.3 Å². The summed E-state index contributed by atoms with van der Waals surface area (Å²) in [7, 11) is 0. The van der Waals surface area contributed by atoms with Gasteiger partial charge >= 0.3 is 0 Å². The molecular weight excluding hydrogens is 192 g/mol. The molecule has 0 aromatic heterocycles. The summed E-state index contributed by atoms with van der Waals surface area (Å²) in [6.45, 7) is 2.87. The molecule has 0 unspecified atom stereocenters. The standard InChI is InChI=1S/C7H10N2O3S/c10-6-5-7(11)9(6)13-8-1-3-12-4-2-8/h1-5H2. The Morgan fingerprint density at radius 3 is 2.31 bits per heavy atom. The molecule has 2 amide bonds. The molecule has 2 rings (SSSR count). The van der Waals surface area contributed by atoms with Crippen molar-refractivity contribution in [1.29, 1.82) is 0 Å². The van der Waals surface area contributed by atoms with Crippen molar-refractivity contribution in [3.63, 3.8) is 0 Å². The Hall–Kier alpha value is -0.590. The lowest BCUT2D eigenvalue weighted by Gasteiger charge is -2.33. The smallest absolute Gasteiger partial charge is 0.249 e. The summed E-state index contributed by atoms with van der Waals surface area (Å²) in [5.74, 6) is -0.192. The second-order valence-corrected chi connectivity index (χ2v) is 3.93. The van der Waals surface area contributed by atoms with Gasteiger partial charge in [-0.3, -0.25) is 9.59 Å². The minimum atomic E-state index is -0.0958. The molecule has 0 N–H and O–H groups in total. The first-order valence-electron chi connectivity index (χ1n) is 4.14. The molecule has 0 spiro atoms. The van der Waals surface area contributed by atoms with Crippen LogP contribution in [0.25, 0.3) is 0 Å². The lowest BCUT2D eigenvalue weighted by molar-refractivity contribution is -0.149. The van der Waals surface area contributed by atoms with Crippen molar-refractivity contribution < 1.29 is 14.3 Å². The molecule has 13 heavy (non-hydrogen) atoms. The lowest BCUT2D eigenvalue weighted by atomic mass is 10.3. The van der Waals surface area contributed by atoms with Gasteiger partial charge in [-0.15, -0.1) is 0 Å². The van der Waals surface area contributed by atoms with Gasteiger partial charge in [-0.1, -0.05) is 0 Å². The zero-order valence-electron chi connectivity index (χ0n) is 7.06. The van der Waals surface area contributed by atoms with Gasteiger partial charge in [0.1, 0.15) is 6.42 Å². The maximum Gasteiger partial charge on any atom is 0.249 e. The molecule has 0 aliphatic carbocycles. The Balaban J connectivity index is 1.82. The van der Waals surface area contributed by atoms with Crippen molar-refractivity contribution in [2.45, 2.75) is 6.42 Å². The highest BCUT2D eigenvalue weighted by atomic mass is 32.2. The summed E-state index contributed by atoms with van der Waals surface area (Å²) in [4.78, 5) is 21.9. The monoisotopic (exact) mass is 202 g/mol. The highest BCUT2D eigenvalue weighted by molar-refractivity contribution is 7.95. The third kappa shape index (κ3) is 1.84. The first kappa shape index (κ1) is 8.98. The SMILES string of the molecule is O=C1CC(=O)N1SN1CCOCC1. The van der Waals surface area contributed by atoms with Crippen LogP contribution in [0.3, 0.4) is 0 Å². The third-order valence-corrected chi connectivity index (χ3v) is 3.09. The molecule has 2 saturated heterocycles. The average molecular weight is 202 g/mol. The van der Waals surface area contributed by atoms with E-state index in [0.717, 1.165) is 13.1 Å². The molecule has 72 valence electrons. The molecule has 0 aromatic rings. The number of imide groups is 1. The Morgan fingerprint density at radius 1 is 1.15 bits per heavy atom. The van der Waals surface area contributed by atoms with Crippen molar-refractivity contribution in [2.75, 3.05) is 26.3 Å². The van der Waals surface area contributed by atoms with E-state index < -0.39 is 0 Å². The molecule has 0 aromatic carbocycles. The number of hydrogen-bond donors (Lipinski definition) is 0. The van der Waals surface area contributed by atoms with E-state index >= 15 is 0 Å². The number of amides is 2. The van der Waals surface area contributed by atoms with E-state index in [4.69, 9.17) is 4.74 Å². The predicted octanol–water partition coefficient (Wildman–Crippen LogP) is -0.359. The van der Waals surface area contributed by atoms with Gasteiger partial charge in [0.25, 0.3) is 0 Å². The van der Waals surface area contributed by atoms with Crippen LogP contribution in [0.1, 0.15) is 6.42 Å². The summed E-state index contributed by atoms with van der Waals surface area (Å²) < 4.78 is 8.33. The van der Waals surface area contributed by atoms with E-state index in [1.807, 2.05) is 4.31 Å². The molecule has 2 aliphatic heterocycles. The molecule has 5 nitrogen and oxygen atoms in total. The van der Waals surface area contributed by atoms with Crippen molar-refractivity contribution in [1.82, 2.24) is 8.61 Å². The number of morpholine rings is 1. The van der Waals surface area contributed by atoms with Crippen LogP contribution in [0.4, 0.5) is 0 Å². The van der Waals surface area contributed by atoms with E-state index in [9.17, 15) is 9.59 Å². The second-order valence-electron chi connectivity index (χ2n) is 2.88. The number of carbonyl (C=O) groups is 2. The van der Waals surface area contributed by atoms with E-state index in [1.165, 1.54) is 16.4 Å². The Labute approximate surface area is 80.3 Å². The van der Waals surface area contributed by atoms with Gasteiger partial charge in [0.2, 0.25) is 11.8 Å². The second kappa shape index (κ2) is 3.65.